The molecule has 0 heterocycles. The van der Waals surface area contributed by atoms with Crippen molar-refractivity contribution in [2.45, 2.75) is 100 Å². The van der Waals surface area contributed by atoms with Crippen molar-refractivity contribution in [2.75, 3.05) is 0 Å². The number of benzene rings is 2. The molecule has 37 heavy (non-hydrogen) atoms. The minimum Gasteiger partial charge on any atom is -0.261 e. The van der Waals surface area contributed by atoms with Gasteiger partial charge in [-0.3, -0.25) is 9.98 Å². The molecule has 0 saturated carbocycles. The fourth-order valence-corrected chi connectivity index (χ4v) is 4.85. The number of nitrogens with zero attached hydrogens (tertiary/aromatic N) is 2. The molecule has 0 aromatic heterocycles. The highest BCUT2D eigenvalue weighted by Gasteiger charge is 2.20. The Hall–Kier alpha value is -2.74. The van der Waals surface area contributed by atoms with E-state index in [1.807, 2.05) is 0 Å². The predicted octanol–water partition coefficient (Wildman–Crippen LogP) is 11.0. The summed E-state index contributed by atoms with van der Waals surface area (Å²) in [5, 5.41) is 0. The van der Waals surface area contributed by atoms with E-state index in [0.717, 1.165) is 43.5 Å². The SMILES string of the molecule is CC(C)=CCCC(C)(C)CC=Nc1ccc2c(c1)Cc1cc(N=CCC(C)(C)CCC=C(C)C)ccc1-2. The van der Waals surface area contributed by atoms with Gasteiger partial charge in [-0.25, -0.2) is 0 Å². The Bertz CT molecular complexity index is 1090. The molecule has 1 aliphatic carbocycles. The second-order valence-corrected chi connectivity index (χ2v) is 12.9. The first-order chi connectivity index (χ1) is 17.4. The Morgan fingerprint density at radius 1 is 0.676 bits per heavy atom. The molecular weight excluding hydrogens is 448 g/mol. The predicted molar refractivity (Wildman–Crippen MR) is 165 cm³/mol. The topological polar surface area (TPSA) is 24.7 Å². The highest BCUT2D eigenvalue weighted by Crippen LogP contribution is 2.40. The third kappa shape index (κ3) is 9.26. The molecule has 0 saturated heterocycles. The van der Waals surface area contributed by atoms with Crippen molar-refractivity contribution in [1.29, 1.82) is 0 Å². The van der Waals surface area contributed by atoms with Gasteiger partial charge in [0.1, 0.15) is 0 Å². The number of hydrogen-bond acceptors (Lipinski definition) is 2. The highest BCUT2D eigenvalue weighted by atomic mass is 14.7. The van der Waals surface area contributed by atoms with Gasteiger partial charge in [0.05, 0.1) is 11.4 Å². The first kappa shape index (κ1) is 28.8. The summed E-state index contributed by atoms with van der Waals surface area (Å²) in [5.41, 5.74) is 10.9. The van der Waals surface area contributed by atoms with Gasteiger partial charge < -0.3 is 0 Å². The molecule has 0 radical (unpaired) electrons. The Balaban J connectivity index is 1.59. The van der Waals surface area contributed by atoms with Crippen LogP contribution >= 0.6 is 0 Å². The van der Waals surface area contributed by atoms with Crippen molar-refractivity contribution in [3.63, 3.8) is 0 Å². The molecule has 0 spiro atoms. The molecule has 0 unspecified atom stereocenters. The summed E-state index contributed by atoms with van der Waals surface area (Å²) in [4.78, 5) is 9.64. The third-order valence-corrected chi connectivity index (χ3v) is 7.36. The fourth-order valence-electron chi connectivity index (χ4n) is 4.85. The zero-order valence-electron chi connectivity index (χ0n) is 24.6. The lowest BCUT2D eigenvalue weighted by Crippen LogP contribution is -2.11. The van der Waals surface area contributed by atoms with Crippen molar-refractivity contribution in [3.8, 4) is 11.1 Å². The molecule has 198 valence electrons. The monoisotopic (exact) mass is 496 g/mol. The summed E-state index contributed by atoms with van der Waals surface area (Å²) < 4.78 is 0. The largest absolute Gasteiger partial charge is 0.261 e. The summed E-state index contributed by atoms with van der Waals surface area (Å²) in [6.07, 6.45) is 16.5. The van der Waals surface area contributed by atoms with E-state index >= 15 is 0 Å². The van der Waals surface area contributed by atoms with Crippen LogP contribution in [0.2, 0.25) is 0 Å². The van der Waals surface area contributed by atoms with Gasteiger partial charge in [-0.05, 0) is 130 Å². The summed E-state index contributed by atoms with van der Waals surface area (Å²) in [6.45, 7) is 18.0. The van der Waals surface area contributed by atoms with E-state index in [4.69, 9.17) is 9.98 Å². The van der Waals surface area contributed by atoms with Gasteiger partial charge >= 0.3 is 0 Å². The van der Waals surface area contributed by atoms with E-state index in [-0.39, 0.29) is 10.8 Å². The summed E-state index contributed by atoms with van der Waals surface area (Å²) >= 11 is 0. The smallest absolute Gasteiger partial charge is 0.0628 e. The van der Waals surface area contributed by atoms with Crippen LogP contribution in [0.25, 0.3) is 11.1 Å². The van der Waals surface area contributed by atoms with Crippen LogP contribution in [0.5, 0.6) is 0 Å². The zero-order chi connectivity index (χ0) is 27.1. The van der Waals surface area contributed by atoms with Gasteiger partial charge in [-0.1, -0.05) is 63.1 Å². The lowest BCUT2D eigenvalue weighted by atomic mass is 9.84. The van der Waals surface area contributed by atoms with E-state index in [0.29, 0.717) is 0 Å². The molecule has 0 atom stereocenters. The van der Waals surface area contributed by atoms with Gasteiger partial charge in [0.2, 0.25) is 0 Å². The fraction of sp³-hybridized carbons (Fsp3) is 0.486. The van der Waals surface area contributed by atoms with Gasteiger partial charge in [0.25, 0.3) is 0 Å². The Morgan fingerprint density at radius 3 is 1.46 bits per heavy atom. The minimum absolute atomic E-state index is 0.264. The van der Waals surface area contributed by atoms with Crippen LogP contribution in [-0.4, -0.2) is 12.4 Å². The lowest BCUT2D eigenvalue weighted by Gasteiger charge is -2.21. The quantitative estimate of drug-likeness (QED) is 0.176. The van der Waals surface area contributed by atoms with Crippen molar-refractivity contribution in [3.05, 3.63) is 70.8 Å². The van der Waals surface area contributed by atoms with Gasteiger partial charge in [0.15, 0.2) is 0 Å². The van der Waals surface area contributed by atoms with Crippen LogP contribution in [0.4, 0.5) is 11.4 Å². The summed E-state index contributed by atoms with van der Waals surface area (Å²) in [5.74, 6) is 0. The van der Waals surface area contributed by atoms with Crippen LogP contribution in [0.3, 0.4) is 0 Å². The number of fused-ring (bicyclic) bond motifs is 3. The van der Waals surface area contributed by atoms with E-state index in [9.17, 15) is 0 Å². The van der Waals surface area contributed by atoms with Crippen molar-refractivity contribution >= 4 is 23.8 Å². The number of allylic oxidation sites excluding steroid dienone is 4. The number of hydrogen-bond donors (Lipinski definition) is 0. The van der Waals surface area contributed by atoms with Crippen LogP contribution < -0.4 is 0 Å². The van der Waals surface area contributed by atoms with Crippen LogP contribution in [0, 0.1) is 10.8 Å². The molecule has 2 heteroatoms. The second-order valence-electron chi connectivity index (χ2n) is 12.9. The third-order valence-electron chi connectivity index (χ3n) is 7.36. The van der Waals surface area contributed by atoms with E-state index < -0.39 is 0 Å². The van der Waals surface area contributed by atoms with Gasteiger partial charge in [-0.2, -0.15) is 0 Å². The molecule has 2 nitrogen and oxygen atoms in total. The highest BCUT2D eigenvalue weighted by molar-refractivity contribution is 5.80. The maximum Gasteiger partial charge on any atom is 0.0628 e. The Labute approximate surface area is 226 Å². The first-order valence-electron chi connectivity index (χ1n) is 14.0. The van der Waals surface area contributed by atoms with Crippen LogP contribution in [0.1, 0.15) is 105 Å². The average molecular weight is 497 g/mol. The molecule has 3 rings (SSSR count). The van der Waals surface area contributed by atoms with Crippen molar-refractivity contribution in [2.24, 2.45) is 20.8 Å². The van der Waals surface area contributed by atoms with Crippen LogP contribution in [0.15, 0.2) is 69.7 Å². The maximum atomic E-state index is 4.82. The van der Waals surface area contributed by atoms with Gasteiger partial charge in [0, 0.05) is 12.4 Å². The summed E-state index contributed by atoms with van der Waals surface area (Å²) in [6, 6.07) is 13.3. The maximum absolute atomic E-state index is 4.82. The summed E-state index contributed by atoms with van der Waals surface area (Å²) in [7, 11) is 0. The molecule has 0 amide bonds. The van der Waals surface area contributed by atoms with Crippen LogP contribution in [-0.2, 0) is 6.42 Å². The molecule has 0 fully saturated rings. The molecule has 2 aromatic carbocycles. The van der Waals surface area contributed by atoms with E-state index in [1.165, 1.54) is 46.2 Å². The standard InChI is InChI=1S/C35H48N2/c1-26(2)11-9-17-34(5,6)19-21-36-30-13-15-32-28(24-30)23-29-25-31(14-16-33(29)32)37-22-20-35(7,8)18-10-12-27(3)4/h11-16,21-22,24-25H,9-10,17-20,23H2,1-8H3. The van der Waals surface area contributed by atoms with Gasteiger partial charge in [-0.15, -0.1) is 0 Å². The molecule has 0 N–H and O–H groups in total. The van der Waals surface area contributed by atoms with Crippen molar-refractivity contribution in [1.82, 2.24) is 0 Å². The molecule has 0 aliphatic heterocycles. The van der Waals surface area contributed by atoms with E-state index in [1.54, 1.807) is 0 Å². The Morgan fingerprint density at radius 2 is 1.08 bits per heavy atom. The number of rotatable bonds is 12. The second kappa shape index (κ2) is 12.7. The molecule has 0 bridgehead atoms. The average Bonchev–Trinajstić information content (AvgIpc) is 3.15. The van der Waals surface area contributed by atoms with Crippen molar-refractivity contribution < 1.29 is 0 Å². The molecular formula is C35H48N2. The molecule has 2 aromatic rings. The first-order valence-corrected chi connectivity index (χ1v) is 14.0. The molecule has 1 aliphatic rings. The van der Waals surface area contributed by atoms with E-state index in [2.05, 4.69) is 116 Å². The zero-order valence-corrected chi connectivity index (χ0v) is 24.6. The Kier molecular flexibility index (Phi) is 9.87. The normalized spacial score (nSPS) is 13.2. The lowest BCUT2D eigenvalue weighted by molar-refractivity contribution is 0.356. The number of aliphatic imine (C=N–C) groups is 2. The minimum atomic E-state index is 0.264.